The Kier molecular flexibility index (Phi) is 6.50. The summed E-state index contributed by atoms with van der Waals surface area (Å²) in [5.74, 6) is 0.398. The summed E-state index contributed by atoms with van der Waals surface area (Å²) in [6.07, 6.45) is 4.80. The van der Waals surface area contributed by atoms with Crippen LogP contribution in [0.25, 0.3) is 0 Å². The van der Waals surface area contributed by atoms with E-state index < -0.39 is 5.54 Å². The van der Waals surface area contributed by atoms with E-state index in [1.54, 1.807) is 0 Å². The van der Waals surface area contributed by atoms with Crippen molar-refractivity contribution in [2.45, 2.75) is 50.5 Å². The lowest BCUT2D eigenvalue weighted by atomic mass is 9.94. The molecule has 1 aliphatic rings. The molecule has 0 aromatic heterocycles. The van der Waals surface area contributed by atoms with Crippen LogP contribution in [0.3, 0.4) is 0 Å². The topological polar surface area (TPSA) is 55.1 Å². The van der Waals surface area contributed by atoms with E-state index in [0.717, 1.165) is 32.1 Å². The lowest BCUT2D eigenvalue weighted by Crippen LogP contribution is -2.52. The predicted octanol–water partition coefficient (Wildman–Crippen LogP) is 2.99. The molecule has 0 aliphatic heterocycles. The Morgan fingerprint density at radius 3 is 2.45 bits per heavy atom. The maximum Gasteiger partial charge on any atom is 0.240 e. The number of carbonyl (C=O) groups is 1. The molecule has 1 atom stereocenters. The minimum absolute atomic E-state index is 0. The summed E-state index contributed by atoms with van der Waals surface area (Å²) < 4.78 is 0. The molecular weight excluding hydrogens is 272 g/mol. The normalized spacial score (nSPS) is 18.1. The largest absolute Gasteiger partial charge is 0.354 e. The molecule has 4 heteroatoms. The highest BCUT2D eigenvalue weighted by Crippen LogP contribution is 2.27. The van der Waals surface area contributed by atoms with Crippen LogP contribution in [0.4, 0.5) is 0 Å². The van der Waals surface area contributed by atoms with Gasteiger partial charge in [-0.1, -0.05) is 50.1 Å². The monoisotopic (exact) mass is 296 g/mol. The summed E-state index contributed by atoms with van der Waals surface area (Å²) >= 11 is 0. The number of benzene rings is 1. The maximum atomic E-state index is 12.2. The van der Waals surface area contributed by atoms with Crippen LogP contribution < -0.4 is 11.1 Å². The SMILES string of the molecule is CCC(CNC(=O)C1(N)CCCC1)c1ccccc1.Cl. The molecule has 1 aliphatic carbocycles. The molecule has 0 saturated heterocycles. The van der Waals surface area contributed by atoms with Crippen molar-refractivity contribution in [1.82, 2.24) is 5.32 Å². The highest BCUT2D eigenvalue weighted by atomic mass is 35.5. The van der Waals surface area contributed by atoms with Gasteiger partial charge in [0, 0.05) is 12.5 Å². The van der Waals surface area contributed by atoms with Crippen LogP contribution in [0.15, 0.2) is 30.3 Å². The molecular formula is C16H25ClN2O. The van der Waals surface area contributed by atoms with E-state index in [1.807, 2.05) is 18.2 Å². The van der Waals surface area contributed by atoms with Crippen molar-refractivity contribution in [3.8, 4) is 0 Å². The Hall–Kier alpha value is -1.06. The molecule has 1 aromatic carbocycles. The van der Waals surface area contributed by atoms with Crippen LogP contribution in [0.5, 0.6) is 0 Å². The lowest BCUT2D eigenvalue weighted by Gasteiger charge is -2.24. The summed E-state index contributed by atoms with van der Waals surface area (Å²) in [6, 6.07) is 10.3. The molecule has 0 radical (unpaired) electrons. The number of halogens is 1. The van der Waals surface area contributed by atoms with E-state index in [1.165, 1.54) is 5.56 Å². The molecule has 3 N–H and O–H groups in total. The average molecular weight is 297 g/mol. The summed E-state index contributed by atoms with van der Waals surface area (Å²) in [5, 5.41) is 3.05. The van der Waals surface area contributed by atoms with Crippen LogP contribution in [-0.4, -0.2) is 18.0 Å². The van der Waals surface area contributed by atoms with Gasteiger partial charge in [0.1, 0.15) is 0 Å². The molecule has 1 saturated carbocycles. The van der Waals surface area contributed by atoms with E-state index in [2.05, 4.69) is 24.4 Å². The Bertz CT molecular complexity index is 416. The number of amides is 1. The van der Waals surface area contributed by atoms with Crippen molar-refractivity contribution in [3.63, 3.8) is 0 Å². The Labute approximate surface area is 127 Å². The van der Waals surface area contributed by atoms with E-state index in [4.69, 9.17) is 5.73 Å². The Balaban J connectivity index is 0.00000200. The first-order valence-electron chi connectivity index (χ1n) is 7.28. The van der Waals surface area contributed by atoms with Crippen molar-refractivity contribution in [2.24, 2.45) is 5.73 Å². The van der Waals surface area contributed by atoms with Gasteiger partial charge in [-0.2, -0.15) is 0 Å². The molecule has 1 aromatic rings. The summed E-state index contributed by atoms with van der Waals surface area (Å²) in [5.41, 5.74) is 6.82. The standard InChI is InChI=1S/C16H24N2O.ClH/c1-2-13(14-8-4-3-5-9-14)12-18-15(19)16(17)10-6-7-11-16;/h3-5,8-9,13H,2,6-7,10-12,17H2,1H3,(H,18,19);1H. The third-order valence-electron chi connectivity index (χ3n) is 4.22. The fraction of sp³-hybridized carbons (Fsp3) is 0.562. The minimum Gasteiger partial charge on any atom is -0.354 e. The average Bonchev–Trinajstić information content (AvgIpc) is 2.89. The van der Waals surface area contributed by atoms with Crippen molar-refractivity contribution in [1.29, 1.82) is 0 Å². The van der Waals surface area contributed by atoms with Crippen molar-refractivity contribution in [2.75, 3.05) is 6.54 Å². The fourth-order valence-electron chi connectivity index (χ4n) is 2.85. The van der Waals surface area contributed by atoms with E-state index in [0.29, 0.717) is 12.5 Å². The first kappa shape index (κ1) is 17.0. The van der Waals surface area contributed by atoms with Gasteiger partial charge < -0.3 is 11.1 Å². The number of rotatable bonds is 5. The van der Waals surface area contributed by atoms with E-state index in [-0.39, 0.29) is 18.3 Å². The minimum atomic E-state index is -0.616. The highest BCUT2D eigenvalue weighted by Gasteiger charge is 2.36. The first-order valence-corrected chi connectivity index (χ1v) is 7.28. The Morgan fingerprint density at radius 1 is 1.30 bits per heavy atom. The van der Waals surface area contributed by atoms with Gasteiger partial charge in [-0.3, -0.25) is 4.79 Å². The van der Waals surface area contributed by atoms with Crippen molar-refractivity contribution < 1.29 is 4.79 Å². The van der Waals surface area contributed by atoms with Gasteiger partial charge in [-0.25, -0.2) is 0 Å². The second kappa shape index (κ2) is 7.65. The zero-order chi connectivity index (χ0) is 13.7. The Morgan fingerprint density at radius 2 is 1.90 bits per heavy atom. The molecule has 1 unspecified atom stereocenters. The summed E-state index contributed by atoms with van der Waals surface area (Å²) in [4.78, 5) is 12.2. The molecule has 0 spiro atoms. The third-order valence-corrected chi connectivity index (χ3v) is 4.22. The second-order valence-electron chi connectivity index (χ2n) is 5.59. The molecule has 0 bridgehead atoms. The molecule has 1 fully saturated rings. The van der Waals surface area contributed by atoms with Crippen molar-refractivity contribution in [3.05, 3.63) is 35.9 Å². The molecule has 0 heterocycles. The smallest absolute Gasteiger partial charge is 0.240 e. The third kappa shape index (κ3) is 3.97. The van der Waals surface area contributed by atoms with Crippen LogP contribution >= 0.6 is 12.4 Å². The highest BCUT2D eigenvalue weighted by molar-refractivity contribution is 5.86. The van der Waals surface area contributed by atoms with Gasteiger partial charge in [-0.15, -0.1) is 12.4 Å². The fourth-order valence-corrected chi connectivity index (χ4v) is 2.85. The number of nitrogens with two attached hydrogens (primary N) is 1. The maximum absolute atomic E-state index is 12.2. The van der Waals surface area contributed by atoms with E-state index >= 15 is 0 Å². The lowest BCUT2D eigenvalue weighted by molar-refractivity contribution is -0.126. The van der Waals surface area contributed by atoms with Gasteiger partial charge >= 0.3 is 0 Å². The summed E-state index contributed by atoms with van der Waals surface area (Å²) in [7, 11) is 0. The number of nitrogens with one attached hydrogen (secondary N) is 1. The van der Waals surface area contributed by atoms with Crippen LogP contribution in [0, 0.1) is 0 Å². The van der Waals surface area contributed by atoms with Gasteiger partial charge in [0.15, 0.2) is 0 Å². The second-order valence-corrected chi connectivity index (χ2v) is 5.59. The first-order chi connectivity index (χ1) is 9.15. The number of hydrogen-bond donors (Lipinski definition) is 2. The molecule has 3 nitrogen and oxygen atoms in total. The molecule has 112 valence electrons. The van der Waals surface area contributed by atoms with Gasteiger partial charge in [0.25, 0.3) is 0 Å². The van der Waals surface area contributed by atoms with E-state index in [9.17, 15) is 4.79 Å². The summed E-state index contributed by atoms with van der Waals surface area (Å²) in [6.45, 7) is 2.83. The molecule has 20 heavy (non-hydrogen) atoms. The van der Waals surface area contributed by atoms with Crippen LogP contribution in [-0.2, 0) is 4.79 Å². The molecule has 1 amide bonds. The molecule has 2 rings (SSSR count). The number of carbonyl (C=O) groups excluding carboxylic acids is 1. The predicted molar refractivity (Wildman–Crippen MR) is 85.1 cm³/mol. The quantitative estimate of drug-likeness (QED) is 0.877. The van der Waals surface area contributed by atoms with Gasteiger partial charge in [-0.05, 0) is 24.8 Å². The van der Waals surface area contributed by atoms with Crippen LogP contribution in [0.2, 0.25) is 0 Å². The number of hydrogen-bond acceptors (Lipinski definition) is 2. The van der Waals surface area contributed by atoms with Gasteiger partial charge in [0.2, 0.25) is 5.91 Å². The zero-order valence-electron chi connectivity index (χ0n) is 12.1. The zero-order valence-corrected chi connectivity index (χ0v) is 12.9. The van der Waals surface area contributed by atoms with Gasteiger partial charge in [0.05, 0.1) is 5.54 Å². The van der Waals surface area contributed by atoms with Crippen LogP contribution in [0.1, 0.15) is 50.5 Å². The van der Waals surface area contributed by atoms with Crippen molar-refractivity contribution >= 4 is 18.3 Å².